The van der Waals surface area contributed by atoms with Crippen molar-refractivity contribution in [2.24, 2.45) is 0 Å². The zero-order valence-electron chi connectivity index (χ0n) is 17.1. The average molecular weight is 471 g/mol. The molecule has 2 aromatic heterocycles. The van der Waals surface area contributed by atoms with Gasteiger partial charge in [0.25, 0.3) is 0 Å². The van der Waals surface area contributed by atoms with Crippen molar-refractivity contribution >= 4 is 34.9 Å². The van der Waals surface area contributed by atoms with Crippen LogP contribution in [0.3, 0.4) is 0 Å². The van der Waals surface area contributed by atoms with Crippen molar-refractivity contribution in [3.8, 4) is 17.0 Å². The first-order valence-electron chi connectivity index (χ1n) is 9.82. The van der Waals surface area contributed by atoms with Crippen LogP contribution in [0.1, 0.15) is 12.0 Å². The lowest BCUT2D eigenvalue weighted by Gasteiger charge is -2.23. The van der Waals surface area contributed by atoms with E-state index in [0.29, 0.717) is 43.4 Å². The van der Waals surface area contributed by atoms with Gasteiger partial charge in [-0.1, -0.05) is 11.6 Å². The number of nitrogens with zero attached hydrogens (tertiary/aromatic N) is 4. The standard InChI is InChI=1S/C21H22ClF3N4OS/c1-14-10-19(30-2)17(22)12-16(14)18-13-28-7-4-15(11-20(28)26-18)27-5-3-6-29(9-8-27)31-21(23,24)25/h4,7,10-13H,3,5-6,8-9H2,1-2H3. The zero-order valence-corrected chi connectivity index (χ0v) is 18.7. The molecule has 0 spiro atoms. The third-order valence-corrected chi connectivity index (χ3v) is 6.40. The maximum Gasteiger partial charge on any atom is 0.456 e. The number of rotatable bonds is 4. The summed E-state index contributed by atoms with van der Waals surface area (Å²) in [5.74, 6) is 0.618. The summed E-state index contributed by atoms with van der Waals surface area (Å²) < 4.78 is 46.7. The average Bonchev–Trinajstić information content (AvgIpc) is 3.00. The first-order chi connectivity index (χ1) is 14.7. The summed E-state index contributed by atoms with van der Waals surface area (Å²) in [5, 5.41) is 0.520. The predicted molar refractivity (Wildman–Crippen MR) is 119 cm³/mol. The second-order valence-electron chi connectivity index (χ2n) is 7.38. The van der Waals surface area contributed by atoms with Gasteiger partial charge in [-0.3, -0.25) is 0 Å². The number of aromatic nitrogens is 2. The lowest BCUT2D eigenvalue weighted by Crippen LogP contribution is -2.29. The minimum atomic E-state index is -4.25. The number of methoxy groups -OCH3 is 1. The van der Waals surface area contributed by atoms with Crippen LogP contribution in [0.5, 0.6) is 5.75 Å². The third-order valence-electron chi connectivity index (χ3n) is 5.27. The van der Waals surface area contributed by atoms with Crippen LogP contribution >= 0.6 is 23.5 Å². The number of pyridine rings is 1. The lowest BCUT2D eigenvalue weighted by atomic mass is 10.1. The predicted octanol–water partition coefficient (Wildman–Crippen LogP) is 5.65. The summed E-state index contributed by atoms with van der Waals surface area (Å²) in [5.41, 5.74) is 0.189. The molecule has 166 valence electrons. The van der Waals surface area contributed by atoms with Crippen molar-refractivity contribution in [1.29, 1.82) is 0 Å². The van der Waals surface area contributed by atoms with E-state index in [2.05, 4.69) is 4.90 Å². The molecule has 3 aromatic rings. The molecule has 0 saturated carbocycles. The van der Waals surface area contributed by atoms with Gasteiger partial charge in [0.2, 0.25) is 0 Å². The van der Waals surface area contributed by atoms with Crippen LogP contribution in [0.4, 0.5) is 18.9 Å². The van der Waals surface area contributed by atoms with E-state index in [4.69, 9.17) is 21.3 Å². The van der Waals surface area contributed by atoms with Gasteiger partial charge >= 0.3 is 5.51 Å². The van der Waals surface area contributed by atoms with Crippen molar-refractivity contribution < 1.29 is 17.9 Å². The molecule has 0 aliphatic carbocycles. The summed E-state index contributed by atoms with van der Waals surface area (Å²) in [4.78, 5) is 6.87. The van der Waals surface area contributed by atoms with Crippen LogP contribution < -0.4 is 9.64 Å². The molecule has 0 atom stereocenters. The summed E-state index contributed by atoms with van der Waals surface area (Å²) >= 11 is 6.27. The summed E-state index contributed by atoms with van der Waals surface area (Å²) in [6.07, 6.45) is 4.53. The summed E-state index contributed by atoms with van der Waals surface area (Å²) in [6.45, 7) is 3.96. The number of halogens is 4. The fraction of sp³-hybridized carbons (Fsp3) is 0.381. The Bertz CT molecular complexity index is 1090. The first kappa shape index (κ1) is 22.1. The molecule has 1 aliphatic heterocycles. The van der Waals surface area contributed by atoms with Gasteiger partial charge in [-0.25, -0.2) is 9.29 Å². The monoisotopic (exact) mass is 470 g/mol. The molecule has 10 heteroatoms. The maximum atomic E-state index is 12.7. The van der Waals surface area contributed by atoms with E-state index in [-0.39, 0.29) is 11.9 Å². The van der Waals surface area contributed by atoms with E-state index < -0.39 is 5.51 Å². The molecular weight excluding hydrogens is 449 g/mol. The van der Waals surface area contributed by atoms with E-state index in [1.165, 1.54) is 4.31 Å². The van der Waals surface area contributed by atoms with E-state index in [0.717, 1.165) is 28.2 Å². The zero-order chi connectivity index (χ0) is 22.2. The van der Waals surface area contributed by atoms with Crippen LogP contribution in [0.2, 0.25) is 5.02 Å². The molecular formula is C21H22ClF3N4OS. The molecule has 4 rings (SSSR count). The number of alkyl halides is 3. The summed E-state index contributed by atoms with van der Waals surface area (Å²) in [6, 6.07) is 7.67. The molecule has 0 amide bonds. The Morgan fingerprint density at radius 2 is 1.94 bits per heavy atom. The molecule has 0 radical (unpaired) electrons. The van der Waals surface area contributed by atoms with Crippen LogP contribution in [-0.4, -0.2) is 52.5 Å². The molecule has 5 nitrogen and oxygen atoms in total. The third kappa shape index (κ3) is 5.05. The van der Waals surface area contributed by atoms with Gasteiger partial charge in [0.1, 0.15) is 11.4 Å². The van der Waals surface area contributed by atoms with Gasteiger partial charge in [-0.15, -0.1) is 0 Å². The highest BCUT2D eigenvalue weighted by Gasteiger charge is 2.33. The molecule has 0 unspecified atom stereocenters. The van der Waals surface area contributed by atoms with Crippen molar-refractivity contribution in [2.75, 3.05) is 38.2 Å². The molecule has 1 aromatic carbocycles. The number of anilines is 1. The highest BCUT2D eigenvalue weighted by Crippen LogP contribution is 2.35. The van der Waals surface area contributed by atoms with E-state index in [1.54, 1.807) is 7.11 Å². The highest BCUT2D eigenvalue weighted by molar-refractivity contribution is 7.97. The van der Waals surface area contributed by atoms with Crippen molar-refractivity contribution in [2.45, 2.75) is 18.9 Å². The van der Waals surface area contributed by atoms with E-state index in [1.807, 2.05) is 48.0 Å². The first-order valence-corrected chi connectivity index (χ1v) is 11.0. The maximum absolute atomic E-state index is 12.7. The SMILES string of the molecule is COc1cc(C)c(-c2cn3ccc(N4CCCN(SC(F)(F)F)CC4)cc3n2)cc1Cl. The molecule has 1 saturated heterocycles. The topological polar surface area (TPSA) is 33.0 Å². The van der Waals surface area contributed by atoms with E-state index in [9.17, 15) is 13.2 Å². The molecule has 0 N–H and O–H groups in total. The molecule has 31 heavy (non-hydrogen) atoms. The van der Waals surface area contributed by atoms with Gasteiger partial charge in [-0.2, -0.15) is 13.2 Å². The normalized spacial score (nSPS) is 16.0. The Kier molecular flexibility index (Phi) is 6.27. The Balaban J connectivity index is 1.56. The van der Waals surface area contributed by atoms with Crippen LogP contribution in [0.25, 0.3) is 16.9 Å². The van der Waals surface area contributed by atoms with Crippen molar-refractivity contribution in [1.82, 2.24) is 13.7 Å². The fourth-order valence-corrected chi connectivity index (χ4v) is 4.70. The Morgan fingerprint density at radius 3 is 2.68 bits per heavy atom. The minimum absolute atomic E-state index is 0.0327. The smallest absolute Gasteiger partial charge is 0.456 e. The molecule has 1 fully saturated rings. The Morgan fingerprint density at radius 1 is 1.13 bits per heavy atom. The number of hydrogen-bond acceptors (Lipinski definition) is 5. The number of benzene rings is 1. The number of ether oxygens (including phenoxy) is 1. The minimum Gasteiger partial charge on any atom is -0.495 e. The van der Waals surface area contributed by atoms with Gasteiger partial charge in [0.05, 0.1) is 17.8 Å². The second-order valence-corrected chi connectivity index (χ2v) is 8.95. The van der Waals surface area contributed by atoms with Crippen LogP contribution in [0, 0.1) is 6.92 Å². The lowest BCUT2D eigenvalue weighted by molar-refractivity contribution is -0.0361. The number of imidazole rings is 1. The van der Waals surface area contributed by atoms with Crippen molar-refractivity contribution in [3.05, 3.63) is 47.2 Å². The van der Waals surface area contributed by atoms with Gasteiger partial charge < -0.3 is 14.0 Å². The van der Waals surface area contributed by atoms with E-state index >= 15 is 0 Å². The van der Waals surface area contributed by atoms with Gasteiger partial charge in [0.15, 0.2) is 0 Å². The van der Waals surface area contributed by atoms with Gasteiger partial charge in [-0.05, 0) is 37.1 Å². The molecule has 0 bridgehead atoms. The Labute approximate surface area is 187 Å². The largest absolute Gasteiger partial charge is 0.495 e. The van der Waals surface area contributed by atoms with Crippen LogP contribution in [-0.2, 0) is 0 Å². The quantitative estimate of drug-likeness (QED) is 0.460. The molecule has 1 aliphatic rings. The summed E-state index contributed by atoms with van der Waals surface area (Å²) in [7, 11) is 1.58. The van der Waals surface area contributed by atoms with Crippen molar-refractivity contribution in [3.63, 3.8) is 0 Å². The number of aryl methyl sites for hydroxylation is 1. The number of fused-ring (bicyclic) bond motifs is 1. The number of hydrogen-bond donors (Lipinski definition) is 0. The Hall–Kier alpha value is -2.10. The highest BCUT2D eigenvalue weighted by atomic mass is 35.5. The van der Waals surface area contributed by atoms with Gasteiger partial charge in [0, 0.05) is 67.8 Å². The van der Waals surface area contributed by atoms with Crippen LogP contribution in [0.15, 0.2) is 36.7 Å². The fourth-order valence-electron chi connectivity index (χ4n) is 3.77. The molecule has 3 heterocycles. The second kappa shape index (κ2) is 8.80.